The summed E-state index contributed by atoms with van der Waals surface area (Å²) in [6.45, 7) is 7.56. The molecule has 4 rings (SSSR count). The van der Waals surface area contributed by atoms with Gasteiger partial charge in [0.1, 0.15) is 5.75 Å². The Morgan fingerprint density at radius 3 is 1.97 bits per heavy atom. The number of nitrogens with one attached hydrogen (secondary N) is 2. The molecule has 0 bridgehead atoms. The van der Waals surface area contributed by atoms with Gasteiger partial charge in [0, 0.05) is 24.5 Å². The molecule has 1 aliphatic rings. The minimum atomic E-state index is 0.480. The van der Waals surface area contributed by atoms with E-state index in [1.807, 2.05) is 43.3 Å². The molecule has 1 saturated heterocycles. The highest BCUT2D eigenvalue weighted by Crippen LogP contribution is 2.23. The lowest BCUT2D eigenvalue weighted by atomic mass is 10.1. The van der Waals surface area contributed by atoms with Gasteiger partial charge in [-0.25, -0.2) is 0 Å². The largest absolute Gasteiger partial charge is 0.494 e. The van der Waals surface area contributed by atoms with Gasteiger partial charge in [-0.15, -0.1) is 0 Å². The third kappa shape index (κ3) is 5.61. The van der Waals surface area contributed by atoms with Gasteiger partial charge in [-0.3, -0.25) is 0 Å². The topological polar surface area (TPSA) is 84.4 Å². The van der Waals surface area contributed by atoms with E-state index < -0.39 is 0 Å². The summed E-state index contributed by atoms with van der Waals surface area (Å²) in [7, 11) is 0. The number of ether oxygens (including phenoxy) is 2. The molecule has 0 atom stereocenters. The highest BCUT2D eigenvalue weighted by atomic mass is 16.5. The third-order valence-electron chi connectivity index (χ3n) is 4.96. The molecule has 0 amide bonds. The molecule has 0 unspecified atom stereocenters. The molecular weight excluding hydrogens is 392 g/mol. The Bertz CT molecular complexity index is 972. The van der Waals surface area contributed by atoms with Crippen LogP contribution in [0.1, 0.15) is 19.4 Å². The fourth-order valence-corrected chi connectivity index (χ4v) is 3.26. The minimum absolute atomic E-state index is 0.480. The lowest BCUT2D eigenvalue weighted by Crippen LogP contribution is -2.37. The molecule has 8 heteroatoms. The van der Waals surface area contributed by atoms with Crippen LogP contribution in [-0.4, -0.2) is 47.9 Å². The SMILES string of the molecule is CCOc1ccc(Nc2nc(Nc3ccc(CC)cc3)nc(N3CCOCC3)n2)cc1. The van der Waals surface area contributed by atoms with E-state index in [0.717, 1.165) is 36.6 Å². The van der Waals surface area contributed by atoms with Crippen molar-refractivity contribution < 1.29 is 9.47 Å². The van der Waals surface area contributed by atoms with E-state index in [1.165, 1.54) is 5.56 Å². The number of benzene rings is 2. The van der Waals surface area contributed by atoms with E-state index in [0.29, 0.717) is 37.7 Å². The van der Waals surface area contributed by atoms with Crippen molar-refractivity contribution in [1.82, 2.24) is 15.0 Å². The average molecular weight is 421 g/mol. The zero-order valence-electron chi connectivity index (χ0n) is 18.0. The molecule has 0 aliphatic carbocycles. The van der Waals surface area contributed by atoms with Crippen LogP contribution >= 0.6 is 0 Å². The second-order valence-electron chi connectivity index (χ2n) is 7.14. The summed E-state index contributed by atoms with van der Waals surface area (Å²) in [5, 5.41) is 6.59. The van der Waals surface area contributed by atoms with Gasteiger partial charge in [-0.1, -0.05) is 19.1 Å². The van der Waals surface area contributed by atoms with E-state index in [1.54, 1.807) is 0 Å². The van der Waals surface area contributed by atoms with Gasteiger partial charge in [0.15, 0.2) is 0 Å². The van der Waals surface area contributed by atoms with Crippen molar-refractivity contribution in [3.05, 3.63) is 54.1 Å². The number of nitrogens with zero attached hydrogens (tertiary/aromatic N) is 4. The van der Waals surface area contributed by atoms with Crippen LogP contribution in [0.3, 0.4) is 0 Å². The Morgan fingerprint density at radius 1 is 0.839 bits per heavy atom. The lowest BCUT2D eigenvalue weighted by Gasteiger charge is -2.27. The summed E-state index contributed by atoms with van der Waals surface area (Å²) in [5.74, 6) is 2.43. The van der Waals surface area contributed by atoms with E-state index in [-0.39, 0.29) is 0 Å². The molecule has 3 aromatic rings. The maximum Gasteiger partial charge on any atom is 0.233 e. The molecule has 8 nitrogen and oxygen atoms in total. The predicted octanol–water partition coefficient (Wildman–Crippen LogP) is 4.16. The van der Waals surface area contributed by atoms with Gasteiger partial charge in [0.2, 0.25) is 17.8 Å². The second kappa shape index (κ2) is 10.1. The maximum atomic E-state index is 5.51. The van der Waals surface area contributed by atoms with E-state index >= 15 is 0 Å². The summed E-state index contributed by atoms with van der Waals surface area (Å²) in [5.41, 5.74) is 3.09. The molecule has 1 aromatic heterocycles. The lowest BCUT2D eigenvalue weighted by molar-refractivity contribution is 0.122. The Morgan fingerprint density at radius 2 is 1.42 bits per heavy atom. The zero-order valence-corrected chi connectivity index (χ0v) is 18.0. The first-order chi connectivity index (χ1) is 15.2. The van der Waals surface area contributed by atoms with E-state index in [4.69, 9.17) is 9.47 Å². The minimum Gasteiger partial charge on any atom is -0.494 e. The molecule has 2 heterocycles. The molecule has 0 saturated carbocycles. The Balaban J connectivity index is 1.58. The number of hydrogen-bond donors (Lipinski definition) is 2. The van der Waals surface area contributed by atoms with E-state index in [2.05, 4.69) is 49.5 Å². The van der Waals surface area contributed by atoms with Gasteiger partial charge < -0.3 is 25.0 Å². The van der Waals surface area contributed by atoms with Crippen LogP contribution in [0.25, 0.3) is 0 Å². The number of morpholine rings is 1. The summed E-state index contributed by atoms with van der Waals surface area (Å²) in [4.78, 5) is 16.0. The van der Waals surface area contributed by atoms with Gasteiger partial charge in [0.05, 0.1) is 19.8 Å². The molecular formula is C23H28N6O2. The highest BCUT2D eigenvalue weighted by Gasteiger charge is 2.17. The molecule has 31 heavy (non-hydrogen) atoms. The van der Waals surface area contributed by atoms with Crippen molar-refractivity contribution in [3.8, 4) is 5.75 Å². The quantitative estimate of drug-likeness (QED) is 0.562. The third-order valence-corrected chi connectivity index (χ3v) is 4.96. The van der Waals surface area contributed by atoms with Crippen LogP contribution in [0.15, 0.2) is 48.5 Å². The van der Waals surface area contributed by atoms with Crippen molar-refractivity contribution in [2.75, 3.05) is 48.4 Å². The van der Waals surface area contributed by atoms with Gasteiger partial charge in [-0.2, -0.15) is 15.0 Å². The molecule has 0 spiro atoms. The number of aromatic nitrogens is 3. The fraction of sp³-hybridized carbons (Fsp3) is 0.348. The fourth-order valence-electron chi connectivity index (χ4n) is 3.26. The first-order valence-electron chi connectivity index (χ1n) is 10.7. The number of rotatable bonds is 8. The van der Waals surface area contributed by atoms with Crippen LogP contribution in [0.5, 0.6) is 5.75 Å². The van der Waals surface area contributed by atoms with E-state index in [9.17, 15) is 0 Å². The van der Waals surface area contributed by atoms with Crippen molar-refractivity contribution in [1.29, 1.82) is 0 Å². The van der Waals surface area contributed by atoms with Crippen molar-refractivity contribution in [2.24, 2.45) is 0 Å². The first kappa shape index (κ1) is 20.9. The summed E-state index contributed by atoms with van der Waals surface area (Å²) < 4.78 is 11.0. The molecule has 162 valence electrons. The van der Waals surface area contributed by atoms with Gasteiger partial charge in [-0.05, 0) is 55.3 Å². The summed E-state index contributed by atoms with van der Waals surface area (Å²) >= 11 is 0. The van der Waals surface area contributed by atoms with Crippen LogP contribution in [0, 0.1) is 0 Å². The number of hydrogen-bond acceptors (Lipinski definition) is 8. The van der Waals surface area contributed by atoms with Gasteiger partial charge >= 0.3 is 0 Å². The van der Waals surface area contributed by atoms with Crippen LogP contribution in [0.4, 0.5) is 29.2 Å². The second-order valence-corrected chi connectivity index (χ2v) is 7.14. The van der Waals surface area contributed by atoms with Crippen LogP contribution < -0.4 is 20.3 Å². The van der Waals surface area contributed by atoms with Crippen molar-refractivity contribution >= 4 is 29.2 Å². The summed E-state index contributed by atoms with van der Waals surface area (Å²) in [6.07, 6.45) is 1.00. The average Bonchev–Trinajstić information content (AvgIpc) is 2.81. The molecule has 2 aromatic carbocycles. The standard InChI is InChI=1S/C23H28N6O2/c1-3-17-5-7-18(8-6-17)24-21-26-22(25-19-9-11-20(12-10-19)31-4-2)28-23(27-21)29-13-15-30-16-14-29/h5-12H,3-4,13-16H2,1-2H3,(H2,24,25,26,27,28). The number of aryl methyl sites for hydroxylation is 1. The van der Waals surface area contributed by atoms with Gasteiger partial charge in [0.25, 0.3) is 0 Å². The Labute approximate surface area is 182 Å². The molecule has 2 N–H and O–H groups in total. The Kier molecular flexibility index (Phi) is 6.78. The highest BCUT2D eigenvalue weighted by molar-refractivity contribution is 5.60. The van der Waals surface area contributed by atoms with Crippen molar-refractivity contribution in [2.45, 2.75) is 20.3 Å². The monoisotopic (exact) mass is 420 g/mol. The zero-order chi connectivity index (χ0) is 21.5. The molecule has 0 radical (unpaired) electrons. The summed E-state index contributed by atoms with van der Waals surface area (Å²) in [6, 6.07) is 16.0. The predicted molar refractivity (Wildman–Crippen MR) is 123 cm³/mol. The number of anilines is 5. The first-order valence-corrected chi connectivity index (χ1v) is 10.7. The normalized spacial score (nSPS) is 13.7. The molecule has 1 aliphatic heterocycles. The maximum absolute atomic E-state index is 5.51. The molecule has 1 fully saturated rings. The Hall–Kier alpha value is -3.39. The van der Waals surface area contributed by atoms with Crippen LogP contribution in [-0.2, 0) is 11.2 Å². The van der Waals surface area contributed by atoms with Crippen molar-refractivity contribution in [3.63, 3.8) is 0 Å². The smallest absolute Gasteiger partial charge is 0.233 e. The van der Waals surface area contributed by atoms with Crippen LogP contribution in [0.2, 0.25) is 0 Å².